The van der Waals surface area contributed by atoms with Crippen LogP contribution < -0.4 is 9.62 Å². The summed E-state index contributed by atoms with van der Waals surface area (Å²) in [6.45, 7) is 3.32. The highest BCUT2D eigenvalue weighted by Gasteiger charge is 2.34. The molecule has 1 atom stereocenters. The predicted octanol–water partition coefficient (Wildman–Crippen LogP) is 6.57. The van der Waals surface area contributed by atoms with Gasteiger partial charge in [0.05, 0.1) is 10.6 Å². The van der Waals surface area contributed by atoms with Gasteiger partial charge in [0.2, 0.25) is 11.8 Å². The quantitative estimate of drug-likeness (QED) is 0.179. The number of hydrogen-bond acceptors (Lipinski definition) is 4. The van der Waals surface area contributed by atoms with E-state index in [1.54, 1.807) is 42.5 Å². The molecular weight excluding hydrogens is 694 g/mol. The molecule has 0 radical (unpaired) electrons. The van der Waals surface area contributed by atoms with Gasteiger partial charge in [-0.25, -0.2) is 8.42 Å². The molecule has 0 saturated carbocycles. The molecule has 0 heterocycles. The first-order chi connectivity index (χ1) is 20.5. The van der Waals surface area contributed by atoms with Crippen molar-refractivity contribution in [3.05, 3.63) is 129 Å². The molecule has 7 nitrogen and oxygen atoms in total. The summed E-state index contributed by atoms with van der Waals surface area (Å²) in [4.78, 5) is 29.7. The molecule has 10 heteroatoms. The zero-order chi connectivity index (χ0) is 31.0. The lowest BCUT2D eigenvalue weighted by Gasteiger charge is -2.34. The van der Waals surface area contributed by atoms with E-state index >= 15 is 0 Å². The standard InChI is InChI=1S/C33H33Br2N3O4S/c1-24(2)36-33(40)31(20-25-10-5-3-6-11-25)37(22-26-16-18-27(34)19-17-26)32(39)23-38(29-13-9-12-28(35)21-29)43(41,42)30-14-7-4-8-15-30/h3-19,21,24,31H,20,22-23H2,1-2H3,(H,36,40). The number of rotatable bonds is 12. The van der Waals surface area contributed by atoms with E-state index in [0.717, 1.165) is 19.9 Å². The first-order valence-electron chi connectivity index (χ1n) is 13.8. The number of sulfonamides is 1. The van der Waals surface area contributed by atoms with Gasteiger partial charge >= 0.3 is 0 Å². The summed E-state index contributed by atoms with van der Waals surface area (Å²) >= 11 is 6.88. The van der Waals surface area contributed by atoms with E-state index in [0.29, 0.717) is 10.2 Å². The maximum absolute atomic E-state index is 14.4. The van der Waals surface area contributed by atoms with Gasteiger partial charge in [0.1, 0.15) is 12.6 Å². The molecule has 4 aromatic carbocycles. The highest BCUT2D eigenvalue weighted by Crippen LogP contribution is 2.27. The van der Waals surface area contributed by atoms with E-state index in [9.17, 15) is 18.0 Å². The minimum absolute atomic E-state index is 0.0561. The van der Waals surface area contributed by atoms with Crippen LogP contribution >= 0.6 is 31.9 Å². The van der Waals surface area contributed by atoms with Crippen LogP contribution in [0.25, 0.3) is 0 Å². The van der Waals surface area contributed by atoms with Crippen molar-refractivity contribution in [1.82, 2.24) is 10.2 Å². The number of anilines is 1. The average molecular weight is 728 g/mol. The van der Waals surface area contributed by atoms with E-state index < -0.39 is 28.5 Å². The second-order valence-corrected chi connectivity index (χ2v) is 14.0. The molecule has 0 spiro atoms. The van der Waals surface area contributed by atoms with Crippen LogP contribution in [0.2, 0.25) is 0 Å². The zero-order valence-electron chi connectivity index (χ0n) is 23.9. The van der Waals surface area contributed by atoms with Gasteiger partial charge < -0.3 is 10.2 Å². The van der Waals surface area contributed by atoms with E-state index in [1.807, 2.05) is 68.4 Å². The van der Waals surface area contributed by atoms with E-state index in [4.69, 9.17) is 0 Å². The van der Waals surface area contributed by atoms with Crippen molar-refractivity contribution < 1.29 is 18.0 Å². The molecule has 0 aliphatic heterocycles. The first-order valence-corrected chi connectivity index (χ1v) is 16.8. The fraction of sp³-hybridized carbons (Fsp3) is 0.212. The number of carbonyl (C=O) groups is 2. The normalized spacial score (nSPS) is 12.0. The van der Waals surface area contributed by atoms with E-state index in [2.05, 4.69) is 37.2 Å². The van der Waals surface area contributed by atoms with Crippen molar-refractivity contribution in [2.75, 3.05) is 10.8 Å². The van der Waals surface area contributed by atoms with Crippen LogP contribution in [0.1, 0.15) is 25.0 Å². The summed E-state index contributed by atoms with van der Waals surface area (Å²) < 4.78 is 30.6. The Bertz CT molecular complexity index is 1630. The molecular formula is C33H33Br2N3O4S. The van der Waals surface area contributed by atoms with Crippen LogP contribution in [-0.4, -0.2) is 43.8 Å². The Balaban J connectivity index is 1.80. The van der Waals surface area contributed by atoms with Crippen molar-refractivity contribution in [3.8, 4) is 0 Å². The summed E-state index contributed by atoms with van der Waals surface area (Å²) in [6, 6.07) is 30.7. The number of nitrogens with one attached hydrogen (secondary N) is 1. The van der Waals surface area contributed by atoms with Gasteiger partial charge in [0, 0.05) is 28.0 Å². The number of halogens is 2. The molecule has 0 saturated heterocycles. The summed E-state index contributed by atoms with van der Waals surface area (Å²) in [7, 11) is -4.14. The van der Waals surface area contributed by atoms with Crippen LogP contribution in [-0.2, 0) is 32.6 Å². The third-order valence-corrected chi connectivity index (χ3v) is 9.48. The fourth-order valence-electron chi connectivity index (χ4n) is 4.60. The monoisotopic (exact) mass is 725 g/mol. The zero-order valence-corrected chi connectivity index (χ0v) is 27.8. The Morgan fingerprint density at radius 3 is 2.00 bits per heavy atom. The van der Waals surface area contributed by atoms with Gasteiger partial charge in [-0.15, -0.1) is 0 Å². The maximum atomic E-state index is 14.4. The third-order valence-electron chi connectivity index (χ3n) is 6.67. The van der Waals surface area contributed by atoms with Gasteiger partial charge in [-0.2, -0.15) is 0 Å². The molecule has 0 fully saturated rings. The second kappa shape index (κ2) is 14.8. The van der Waals surface area contributed by atoms with Crippen molar-refractivity contribution in [3.63, 3.8) is 0 Å². The summed E-state index contributed by atoms with van der Waals surface area (Å²) in [5.74, 6) is -0.827. The molecule has 0 aliphatic carbocycles. The smallest absolute Gasteiger partial charge is 0.264 e. The molecule has 0 aromatic heterocycles. The van der Waals surface area contributed by atoms with Crippen LogP contribution in [0.4, 0.5) is 5.69 Å². The Morgan fingerprint density at radius 1 is 0.767 bits per heavy atom. The second-order valence-electron chi connectivity index (χ2n) is 10.3. The van der Waals surface area contributed by atoms with Gasteiger partial charge in [-0.3, -0.25) is 13.9 Å². The third kappa shape index (κ3) is 8.78. The molecule has 4 rings (SSSR count). The number of amides is 2. The number of carbonyl (C=O) groups excluding carboxylic acids is 2. The van der Waals surface area contributed by atoms with Crippen molar-refractivity contribution in [1.29, 1.82) is 0 Å². The van der Waals surface area contributed by atoms with Gasteiger partial charge in [0.25, 0.3) is 10.0 Å². The largest absolute Gasteiger partial charge is 0.352 e. The van der Waals surface area contributed by atoms with Gasteiger partial charge in [-0.05, 0) is 67.4 Å². The molecule has 1 N–H and O–H groups in total. The SMILES string of the molecule is CC(C)NC(=O)C(Cc1ccccc1)N(Cc1ccc(Br)cc1)C(=O)CN(c1cccc(Br)c1)S(=O)(=O)c1ccccc1. The lowest BCUT2D eigenvalue weighted by molar-refractivity contribution is -0.140. The minimum atomic E-state index is -4.14. The van der Waals surface area contributed by atoms with Crippen molar-refractivity contribution in [2.24, 2.45) is 0 Å². The summed E-state index contributed by atoms with van der Waals surface area (Å²) in [6.07, 6.45) is 0.254. The van der Waals surface area contributed by atoms with E-state index in [-0.39, 0.29) is 29.8 Å². The Kier molecular flexibility index (Phi) is 11.2. The lowest BCUT2D eigenvalue weighted by Crippen LogP contribution is -2.54. The van der Waals surface area contributed by atoms with E-state index in [1.165, 1.54) is 17.0 Å². The molecule has 0 bridgehead atoms. The number of nitrogens with zero attached hydrogens (tertiary/aromatic N) is 2. The molecule has 43 heavy (non-hydrogen) atoms. The lowest BCUT2D eigenvalue weighted by atomic mass is 10.0. The van der Waals surface area contributed by atoms with Gasteiger partial charge in [-0.1, -0.05) is 98.6 Å². The Labute approximate surface area is 270 Å². The Hall–Kier alpha value is -3.47. The van der Waals surface area contributed by atoms with Crippen LogP contribution in [0.15, 0.2) is 123 Å². The molecule has 4 aromatic rings. The number of benzene rings is 4. The fourth-order valence-corrected chi connectivity index (χ4v) is 6.68. The molecule has 224 valence electrons. The molecule has 2 amide bonds. The van der Waals surface area contributed by atoms with Crippen LogP contribution in [0.3, 0.4) is 0 Å². The Morgan fingerprint density at radius 2 is 1.40 bits per heavy atom. The summed E-state index contributed by atoms with van der Waals surface area (Å²) in [5, 5.41) is 2.96. The van der Waals surface area contributed by atoms with Crippen molar-refractivity contribution >= 4 is 59.4 Å². The van der Waals surface area contributed by atoms with Crippen LogP contribution in [0, 0.1) is 0 Å². The van der Waals surface area contributed by atoms with Crippen LogP contribution in [0.5, 0.6) is 0 Å². The predicted molar refractivity (Wildman–Crippen MR) is 177 cm³/mol. The van der Waals surface area contributed by atoms with Crippen molar-refractivity contribution in [2.45, 2.75) is 43.8 Å². The average Bonchev–Trinajstić information content (AvgIpc) is 2.99. The first kappa shape index (κ1) is 32.4. The highest BCUT2D eigenvalue weighted by atomic mass is 79.9. The van der Waals surface area contributed by atoms with Gasteiger partial charge in [0.15, 0.2) is 0 Å². The minimum Gasteiger partial charge on any atom is -0.352 e. The molecule has 1 unspecified atom stereocenters. The number of hydrogen-bond donors (Lipinski definition) is 1. The highest BCUT2D eigenvalue weighted by molar-refractivity contribution is 9.10. The maximum Gasteiger partial charge on any atom is 0.264 e. The molecule has 0 aliphatic rings. The topological polar surface area (TPSA) is 86.8 Å². The summed E-state index contributed by atoms with van der Waals surface area (Å²) in [5.41, 5.74) is 1.99.